The van der Waals surface area contributed by atoms with E-state index in [1.54, 1.807) is 4.40 Å². The number of Topliss-reactive ketones (excluding diaryl/α,β-unsaturated/α-hetero) is 1. The van der Waals surface area contributed by atoms with Gasteiger partial charge in [-0.25, -0.2) is 4.98 Å². The van der Waals surface area contributed by atoms with Crippen molar-refractivity contribution in [3.63, 3.8) is 0 Å². The molecule has 0 unspecified atom stereocenters. The zero-order chi connectivity index (χ0) is 18.6. The van der Waals surface area contributed by atoms with Crippen LogP contribution in [0.3, 0.4) is 0 Å². The van der Waals surface area contributed by atoms with E-state index >= 15 is 0 Å². The van der Waals surface area contributed by atoms with Crippen molar-refractivity contribution < 1.29 is 14.3 Å². The number of carbonyl (C=O) groups excluding carboxylic acids is 2. The van der Waals surface area contributed by atoms with Crippen LogP contribution >= 0.6 is 27.5 Å². The summed E-state index contributed by atoms with van der Waals surface area (Å²) < 4.78 is 6.60. The number of methoxy groups -OCH3 is 1. The van der Waals surface area contributed by atoms with Gasteiger partial charge in [-0.3, -0.25) is 14.0 Å². The number of ether oxygens (including phenoxy) is 1. The van der Waals surface area contributed by atoms with Crippen LogP contribution < -0.4 is 0 Å². The van der Waals surface area contributed by atoms with Crippen LogP contribution in [-0.2, 0) is 9.53 Å². The van der Waals surface area contributed by atoms with E-state index in [4.69, 9.17) is 16.4 Å². The Labute approximate surface area is 158 Å². The van der Waals surface area contributed by atoms with E-state index in [-0.39, 0.29) is 5.78 Å². The molecule has 0 amide bonds. The summed E-state index contributed by atoms with van der Waals surface area (Å²) in [5.74, 6) is -0.0443. The van der Waals surface area contributed by atoms with Crippen molar-refractivity contribution in [1.29, 1.82) is 0 Å². The molecule has 2 aromatic heterocycles. The normalized spacial score (nSPS) is 10.1. The van der Waals surface area contributed by atoms with Crippen molar-refractivity contribution in [3.8, 4) is 11.3 Å². The molecule has 0 aliphatic rings. The van der Waals surface area contributed by atoms with Gasteiger partial charge in [-0.1, -0.05) is 39.7 Å². The van der Waals surface area contributed by atoms with Gasteiger partial charge in [0, 0.05) is 16.2 Å². The van der Waals surface area contributed by atoms with Crippen LogP contribution in [0, 0.1) is 6.92 Å². The average Bonchev–Trinajstić information content (AvgIpc) is 2.99. The minimum absolute atomic E-state index is 0.0443. The highest BCUT2D eigenvalue weighted by molar-refractivity contribution is 9.10. The van der Waals surface area contributed by atoms with Gasteiger partial charge in [-0.15, -0.1) is 0 Å². The van der Waals surface area contributed by atoms with Crippen molar-refractivity contribution >= 4 is 45.4 Å². The molecule has 0 saturated heterocycles. The summed E-state index contributed by atoms with van der Waals surface area (Å²) in [7, 11) is 1.31. The van der Waals surface area contributed by atoms with E-state index in [1.165, 1.54) is 14.0 Å². The van der Waals surface area contributed by atoms with Crippen LogP contribution in [0.15, 0.2) is 41.0 Å². The number of nitrogens with zero attached hydrogens (tertiary/aromatic N) is 2. The molecule has 0 aliphatic carbocycles. The van der Waals surface area contributed by atoms with Crippen LogP contribution in [0.4, 0.5) is 0 Å². The Balaban J connectivity index is 0.000000511. The summed E-state index contributed by atoms with van der Waals surface area (Å²) in [6.45, 7) is 3.77. The first-order valence-corrected chi connectivity index (χ1v) is 8.47. The number of hydrogen-bond acceptors (Lipinski definition) is 4. The number of benzene rings is 1. The summed E-state index contributed by atoms with van der Waals surface area (Å²) >= 11 is 9.82. The SMILES string of the molecule is CC(=O)c1c(C)cc2nc(-c3cccc(Br)c3)cn2c1Cl.COC=O. The van der Waals surface area contributed by atoms with Crippen molar-refractivity contribution in [2.24, 2.45) is 0 Å². The van der Waals surface area contributed by atoms with Crippen LogP contribution in [0.1, 0.15) is 22.8 Å². The fraction of sp³-hybridized carbons (Fsp3) is 0.167. The number of pyridine rings is 1. The van der Waals surface area contributed by atoms with Crippen molar-refractivity contribution in [2.45, 2.75) is 13.8 Å². The smallest absolute Gasteiger partial charge is 0.292 e. The van der Waals surface area contributed by atoms with Crippen LogP contribution in [0.25, 0.3) is 16.9 Å². The number of aryl methyl sites for hydroxylation is 1. The molecule has 130 valence electrons. The monoisotopic (exact) mass is 422 g/mol. The minimum Gasteiger partial charge on any atom is -0.471 e. The summed E-state index contributed by atoms with van der Waals surface area (Å²) in [5, 5.41) is 0.409. The average molecular weight is 424 g/mol. The Hall–Kier alpha value is -2.18. The Morgan fingerprint density at radius 2 is 2.04 bits per heavy atom. The highest BCUT2D eigenvalue weighted by atomic mass is 79.9. The highest BCUT2D eigenvalue weighted by Gasteiger charge is 2.15. The summed E-state index contributed by atoms with van der Waals surface area (Å²) in [6, 6.07) is 9.78. The van der Waals surface area contributed by atoms with Crippen molar-refractivity contribution in [3.05, 3.63) is 57.3 Å². The maximum absolute atomic E-state index is 11.7. The molecule has 0 saturated carbocycles. The molecule has 0 fully saturated rings. The van der Waals surface area contributed by atoms with Gasteiger partial charge in [0.2, 0.25) is 0 Å². The number of halogens is 2. The Bertz CT molecular complexity index is 937. The fourth-order valence-corrected chi connectivity index (χ4v) is 3.23. The molecule has 0 spiro atoms. The molecule has 0 radical (unpaired) electrons. The number of carbonyl (C=O) groups is 2. The molecule has 1 aromatic carbocycles. The van der Waals surface area contributed by atoms with E-state index in [2.05, 4.69) is 25.7 Å². The topological polar surface area (TPSA) is 60.7 Å². The molecule has 2 heterocycles. The van der Waals surface area contributed by atoms with E-state index in [0.29, 0.717) is 17.2 Å². The number of ketones is 1. The predicted molar refractivity (Wildman–Crippen MR) is 101 cm³/mol. The number of fused-ring (bicyclic) bond motifs is 1. The molecular weight excluding hydrogens is 408 g/mol. The maximum atomic E-state index is 11.7. The largest absolute Gasteiger partial charge is 0.471 e. The molecule has 25 heavy (non-hydrogen) atoms. The van der Waals surface area contributed by atoms with Gasteiger partial charge in [-0.2, -0.15) is 0 Å². The Kier molecular flexibility index (Phi) is 6.33. The fourth-order valence-electron chi connectivity index (χ4n) is 2.41. The van der Waals surface area contributed by atoms with Crippen LogP contribution in [0.2, 0.25) is 5.15 Å². The third-order valence-electron chi connectivity index (χ3n) is 3.46. The first-order valence-electron chi connectivity index (χ1n) is 7.30. The summed E-state index contributed by atoms with van der Waals surface area (Å²) in [6.07, 6.45) is 1.85. The number of rotatable bonds is 3. The Morgan fingerprint density at radius 1 is 1.36 bits per heavy atom. The molecule has 0 N–H and O–H groups in total. The molecule has 0 aliphatic heterocycles. The maximum Gasteiger partial charge on any atom is 0.292 e. The van der Waals surface area contributed by atoms with Crippen molar-refractivity contribution in [1.82, 2.24) is 9.38 Å². The minimum atomic E-state index is -0.0443. The quantitative estimate of drug-likeness (QED) is 0.347. The van der Waals surface area contributed by atoms with Gasteiger partial charge in [0.1, 0.15) is 10.8 Å². The lowest BCUT2D eigenvalue weighted by Crippen LogP contribution is -2.02. The highest BCUT2D eigenvalue weighted by Crippen LogP contribution is 2.28. The van der Waals surface area contributed by atoms with Gasteiger partial charge in [0.25, 0.3) is 6.47 Å². The third-order valence-corrected chi connectivity index (χ3v) is 4.32. The van der Waals surface area contributed by atoms with Crippen LogP contribution in [0.5, 0.6) is 0 Å². The molecule has 5 nitrogen and oxygen atoms in total. The zero-order valence-corrected chi connectivity index (χ0v) is 16.3. The van der Waals surface area contributed by atoms with Gasteiger partial charge in [-0.05, 0) is 37.6 Å². The number of imidazole rings is 1. The first-order chi connectivity index (χ1) is 11.9. The summed E-state index contributed by atoms with van der Waals surface area (Å²) in [5.41, 5.74) is 3.93. The first kappa shape index (κ1) is 19.1. The molecular formula is C18H16BrClN2O3. The van der Waals surface area contributed by atoms with Gasteiger partial charge in [0.15, 0.2) is 5.78 Å². The molecule has 0 atom stereocenters. The van der Waals surface area contributed by atoms with E-state index < -0.39 is 0 Å². The second kappa shape index (κ2) is 8.27. The third kappa shape index (κ3) is 4.27. The molecule has 0 bridgehead atoms. The molecule has 3 aromatic rings. The molecule has 3 rings (SSSR count). The second-order valence-electron chi connectivity index (χ2n) is 5.25. The molecule has 7 heteroatoms. The van der Waals surface area contributed by atoms with Gasteiger partial charge >= 0.3 is 0 Å². The lowest BCUT2D eigenvalue weighted by Gasteiger charge is -2.06. The van der Waals surface area contributed by atoms with Gasteiger partial charge in [0.05, 0.1) is 18.4 Å². The van der Waals surface area contributed by atoms with E-state index in [9.17, 15) is 4.79 Å². The van der Waals surface area contributed by atoms with E-state index in [1.807, 2.05) is 43.5 Å². The standard InChI is InChI=1S/C16H12BrClN2O.C2H4O2/c1-9-6-14-19-13(11-4-3-5-12(17)7-11)8-20(14)16(18)15(9)10(2)21;1-4-2-3/h3-8H,1-2H3;2H,1H3. The lowest BCUT2D eigenvalue weighted by molar-refractivity contribution is -0.126. The van der Waals surface area contributed by atoms with E-state index in [0.717, 1.165) is 26.9 Å². The predicted octanol–water partition coefficient (Wildman–Crippen LogP) is 4.72. The lowest BCUT2D eigenvalue weighted by atomic mass is 10.1. The van der Waals surface area contributed by atoms with Crippen LogP contribution in [-0.4, -0.2) is 28.7 Å². The van der Waals surface area contributed by atoms with Crippen molar-refractivity contribution in [2.75, 3.05) is 7.11 Å². The van der Waals surface area contributed by atoms with Gasteiger partial charge < -0.3 is 4.74 Å². The number of aromatic nitrogens is 2. The number of hydrogen-bond donors (Lipinski definition) is 0. The zero-order valence-electron chi connectivity index (χ0n) is 13.9. The second-order valence-corrected chi connectivity index (χ2v) is 6.52. The Morgan fingerprint density at radius 3 is 2.60 bits per heavy atom. The summed E-state index contributed by atoms with van der Waals surface area (Å²) in [4.78, 5) is 25.3.